The average molecular weight is 192 g/mol. The molecule has 0 radical (unpaired) electrons. The van der Waals surface area contributed by atoms with Crippen LogP contribution in [0, 0.1) is 6.92 Å². The van der Waals surface area contributed by atoms with Gasteiger partial charge in [0.1, 0.15) is 0 Å². The van der Waals surface area contributed by atoms with Gasteiger partial charge >= 0.3 is 0 Å². The Morgan fingerprint density at radius 1 is 1.57 bits per heavy atom. The molecule has 2 rings (SSSR count). The summed E-state index contributed by atoms with van der Waals surface area (Å²) in [6, 6.07) is 2.07. The lowest BCUT2D eigenvalue weighted by molar-refractivity contribution is 0.261. The Morgan fingerprint density at radius 3 is 3.07 bits per heavy atom. The number of aryl methyl sites for hydroxylation is 1. The highest BCUT2D eigenvalue weighted by Gasteiger charge is 2.18. The van der Waals surface area contributed by atoms with Gasteiger partial charge in [0.05, 0.1) is 0 Å². The molecule has 0 unspecified atom stereocenters. The van der Waals surface area contributed by atoms with Gasteiger partial charge < -0.3 is 5.32 Å². The summed E-state index contributed by atoms with van der Waals surface area (Å²) in [5.74, 6) is 5.79. The Bertz CT molecular complexity index is 331. The second-order valence-electron chi connectivity index (χ2n) is 3.71. The Morgan fingerprint density at radius 2 is 2.36 bits per heavy atom. The Labute approximate surface area is 84.1 Å². The van der Waals surface area contributed by atoms with Gasteiger partial charge in [0.15, 0.2) is 0 Å². The molecular formula is C10H16N4. The highest BCUT2D eigenvalue weighted by atomic mass is 15.4. The predicted octanol–water partition coefficient (Wildman–Crippen LogP) is 0.664. The Balaban J connectivity index is 2.47. The predicted molar refractivity (Wildman–Crippen MR) is 56.8 cm³/mol. The van der Waals surface area contributed by atoms with Crippen molar-refractivity contribution in [2.75, 3.05) is 18.9 Å². The van der Waals surface area contributed by atoms with Gasteiger partial charge in [0.2, 0.25) is 0 Å². The van der Waals surface area contributed by atoms with E-state index in [0.29, 0.717) is 0 Å². The van der Waals surface area contributed by atoms with Gasteiger partial charge in [-0.15, -0.1) is 0 Å². The standard InChI is InChI=1S/C10H16N4/c1-7-5-10(12-2)8-6-14(11)4-3-9(8)13-7/h5H,3-4,6,11H2,1-2H3,(H,12,13). The molecule has 76 valence electrons. The van der Waals surface area contributed by atoms with E-state index in [2.05, 4.69) is 16.4 Å². The minimum Gasteiger partial charge on any atom is -0.388 e. The fraction of sp³-hybridized carbons (Fsp3) is 0.500. The molecule has 1 aliphatic heterocycles. The molecule has 0 aliphatic carbocycles. The number of fused-ring (bicyclic) bond motifs is 1. The number of nitrogens with one attached hydrogen (secondary N) is 1. The number of aromatic nitrogens is 1. The molecule has 0 spiro atoms. The third kappa shape index (κ3) is 1.58. The van der Waals surface area contributed by atoms with E-state index in [1.165, 1.54) is 11.3 Å². The zero-order valence-electron chi connectivity index (χ0n) is 8.67. The largest absolute Gasteiger partial charge is 0.388 e. The van der Waals surface area contributed by atoms with E-state index in [1.54, 1.807) is 0 Å². The molecule has 4 heteroatoms. The SMILES string of the molecule is CNc1cc(C)nc2c1CN(N)CC2. The summed E-state index contributed by atoms with van der Waals surface area (Å²) in [7, 11) is 1.94. The number of hydrazine groups is 1. The summed E-state index contributed by atoms with van der Waals surface area (Å²) < 4.78 is 0. The third-order valence-electron chi connectivity index (χ3n) is 2.60. The van der Waals surface area contributed by atoms with Crippen LogP contribution in [0.4, 0.5) is 5.69 Å². The zero-order valence-corrected chi connectivity index (χ0v) is 8.67. The molecule has 1 aromatic heterocycles. The van der Waals surface area contributed by atoms with Gasteiger partial charge in [-0.25, -0.2) is 5.01 Å². The molecule has 1 aromatic rings. The first-order valence-corrected chi connectivity index (χ1v) is 4.87. The molecule has 14 heavy (non-hydrogen) atoms. The normalized spacial score (nSPS) is 16.5. The summed E-state index contributed by atoms with van der Waals surface area (Å²) >= 11 is 0. The minimum atomic E-state index is 0.790. The van der Waals surface area contributed by atoms with E-state index >= 15 is 0 Å². The van der Waals surface area contributed by atoms with Gasteiger partial charge in [0, 0.05) is 49.2 Å². The number of pyridine rings is 1. The van der Waals surface area contributed by atoms with Crippen molar-refractivity contribution >= 4 is 5.69 Å². The van der Waals surface area contributed by atoms with Gasteiger partial charge in [-0.3, -0.25) is 10.8 Å². The lowest BCUT2D eigenvalue weighted by atomic mass is 10.0. The number of rotatable bonds is 1. The Kier molecular flexibility index (Phi) is 2.39. The summed E-state index contributed by atoms with van der Waals surface area (Å²) in [6.07, 6.45) is 0.947. The van der Waals surface area contributed by atoms with Crippen LogP contribution in [0.1, 0.15) is 17.0 Å². The molecule has 1 aliphatic rings. The first kappa shape index (κ1) is 9.43. The van der Waals surface area contributed by atoms with Crippen LogP contribution in [-0.4, -0.2) is 23.6 Å². The van der Waals surface area contributed by atoms with Gasteiger partial charge in [-0.05, 0) is 13.0 Å². The molecule has 3 N–H and O–H groups in total. The van der Waals surface area contributed by atoms with Crippen molar-refractivity contribution in [3.05, 3.63) is 23.0 Å². The van der Waals surface area contributed by atoms with Gasteiger partial charge in [0.25, 0.3) is 0 Å². The summed E-state index contributed by atoms with van der Waals surface area (Å²) in [5, 5.41) is 5.03. The van der Waals surface area contributed by atoms with Crippen molar-refractivity contribution in [3.63, 3.8) is 0 Å². The van der Waals surface area contributed by atoms with E-state index in [9.17, 15) is 0 Å². The average Bonchev–Trinajstić information content (AvgIpc) is 2.17. The van der Waals surface area contributed by atoms with E-state index in [-0.39, 0.29) is 0 Å². The lowest BCUT2D eigenvalue weighted by Gasteiger charge is -2.26. The third-order valence-corrected chi connectivity index (χ3v) is 2.60. The van der Waals surface area contributed by atoms with Crippen molar-refractivity contribution in [3.8, 4) is 0 Å². The maximum atomic E-state index is 5.79. The number of hydrogen-bond acceptors (Lipinski definition) is 4. The quantitative estimate of drug-likeness (QED) is 0.642. The highest BCUT2D eigenvalue weighted by molar-refractivity contribution is 5.54. The second kappa shape index (κ2) is 3.55. The van der Waals surface area contributed by atoms with Gasteiger partial charge in [-0.1, -0.05) is 0 Å². The maximum Gasteiger partial charge on any atom is 0.0486 e. The smallest absolute Gasteiger partial charge is 0.0486 e. The van der Waals surface area contributed by atoms with E-state index in [4.69, 9.17) is 5.84 Å². The lowest BCUT2D eigenvalue weighted by Crippen LogP contribution is -2.37. The number of hydrogen-bond donors (Lipinski definition) is 2. The Hall–Kier alpha value is -1.13. The van der Waals surface area contributed by atoms with Crippen molar-refractivity contribution in [2.24, 2.45) is 5.84 Å². The van der Waals surface area contributed by atoms with E-state index in [1.807, 2.05) is 19.0 Å². The van der Waals surface area contributed by atoms with Crippen LogP contribution < -0.4 is 11.2 Å². The van der Waals surface area contributed by atoms with Crippen LogP contribution in [0.15, 0.2) is 6.07 Å². The number of nitrogens with two attached hydrogens (primary N) is 1. The van der Waals surface area contributed by atoms with Crippen molar-refractivity contribution in [1.29, 1.82) is 0 Å². The molecule has 0 amide bonds. The minimum absolute atomic E-state index is 0.790. The molecule has 0 bridgehead atoms. The first-order chi connectivity index (χ1) is 6.70. The van der Waals surface area contributed by atoms with Crippen molar-refractivity contribution in [1.82, 2.24) is 9.99 Å². The molecule has 0 saturated carbocycles. The van der Waals surface area contributed by atoms with Crippen LogP contribution >= 0.6 is 0 Å². The van der Waals surface area contributed by atoms with E-state index in [0.717, 1.165) is 30.9 Å². The highest BCUT2D eigenvalue weighted by Crippen LogP contribution is 2.24. The molecule has 0 saturated heterocycles. The monoisotopic (exact) mass is 192 g/mol. The topological polar surface area (TPSA) is 54.2 Å². The molecule has 0 fully saturated rings. The number of nitrogens with zero attached hydrogens (tertiary/aromatic N) is 2. The summed E-state index contributed by atoms with van der Waals surface area (Å²) in [4.78, 5) is 4.53. The number of anilines is 1. The first-order valence-electron chi connectivity index (χ1n) is 4.87. The molecule has 0 aromatic carbocycles. The van der Waals surface area contributed by atoms with Crippen LogP contribution in [0.3, 0.4) is 0 Å². The summed E-state index contributed by atoms with van der Waals surface area (Å²) in [6.45, 7) is 3.71. The van der Waals surface area contributed by atoms with Crippen LogP contribution in [0.25, 0.3) is 0 Å². The zero-order chi connectivity index (χ0) is 10.1. The van der Waals surface area contributed by atoms with Crippen LogP contribution in [-0.2, 0) is 13.0 Å². The fourth-order valence-electron chi connectivity index (χ4n) is 1.90. The van der Waals surface area contributed by atoms with Crippen molar-refractivity contribution < 1.29 is 0 Å². The molecular weight excluding hydrogens is 176 g/mol. The van der Waals surface area contributed by atoms with Crippen LogP contribution in [0.5, 0.6) is 0 Å². The van der Waals surface area contributed by atoms with E-state index < -0.39 is 0 Å². The fourth-order valence-corrected chi connectivity index (χ4v) is 1.90. The van der Waals surface area contributed by atoms with Crippen molar-refractivity contribution in [2.45, 2.75) is 19.9 Å². The van der Waals surface area contributed by atoms with Gasteiger partial charge in [-0.2, -0.15) is 0 Å². The molecule has 4 nitrogen and oxygen atoms in total. The maximum absolute atomic E-state index is 5.79. The molecule has 2 heterocycles. The molecule has 0 atom stereocenters. The second-order valence-corrected chi connectivity index (χ2v) is 3.71. The summed E-state index contributed by atoms with van der Waals surface area (Å²) in [5.41, 5.74) is 4.66. The van der Waals surface area contributed by atoms with Crippen LogP contribution in [0.2, 0.25) is 0 Å².